The molecule has 2 atom stereocenters. The van der Waals surface area contributed by atoms with Gasteiger partial charge in [-0.15, -0.1) is 0 Å². The largest absolute Gasteiger partial charge is 0.383 e. The Balaban J connectivity index is 1.70. The summed E-state index contributed by atoms with van der Waals surface area (Å²) in [6.07, 6.45) is 9.36. The number of ether oxygens (including phenoxy) is 2. The average Bonchev–Trinajstić information content (AvgIpc) is 2.96. The standard InChI is InChI=1S/C14H27NO2/c1-3-12(11-16-2)15-10-13-6-9-14(17-13)7-4-5-8-14/h12-13,15H,3-11H2,1-2H3. The van der Waals surface area contributed by atoms with Crippen molar-refractivity contribution in [2.45, 2.75) is 69.6 Å². The van der Waals surface area contributed by atoms with Gasteiger partial charge in [0, 0.05) is 19.7 Å². The summed E-state index contributed by atoms with van der Waals surface area (Å²) >= 11 is 0. The lowest BCUT2D eigenvalue weighted by Crippen LogP contribution is -2.39. The lowest BCUT2D eigenvalue weighted by molar-refractivity contribution is -0.0365. The van der Waals surface area contributed by atoms with Crippen LogP contribution in [0, 0.1) is 0 Å². The number of hydrogen-bond acceptors (Lipinski definition) is 3. The lowest BCUT2D eigenvalue weighted by Gasteiger charge is -2.25. The third-order valence-corrected chi connectivity index (χ3v) is 4.35. The predicted octanol–water partition coefficient (Wildman–Crippen LogP) is 2.49. The van der Waals surface area contributed by atoms with Crippen molar-refractivity contribution in [1.82, 2.24) is 5.32 Å². The van der Waals surface area contributed by atoms with Crippen LogP contribution in [0.15, 0.2) is 0 Å². The maximum atomic E-state index is 6.28. The smallest absolute Gasteiger partial charge is 0.0708 e. The third kappa shape index (κ3) is 3.43. The summed E-state index contributed by atoms with van der Waals surface area (Å²) in [5.41, 5.74) is 0.273. The van der Waals surface area contributed by atoms with Crippen LogP contribution in [0.1, 0.15) is 51.9 Å². The maximum Gasteiger partial charge on any atom is 0.0708 e. The minimum absolute atomic E-state index is 0.273. The monoisotopic (exact) mass is 241 g/mol. The molecular formula is C14H27NO2. The van der Waals surface area contributed by atoms with E-state index >= 15 is 0 Å². The Morgan fingerprint density at radius 2 is 2.12 bits per heavy atom. The second kappa shape index (κ2) is 6.17. The Morgan fingerprint density at radius 3 is 2.76 bits per heavy atom. The summed E-state index contributed by atoms with van der Waals surface area (Å²) in [4.78, 5) is 0. The molecule has 2 unspecified atom stereocenters. The first kappa shape index (κ1) is 13.3. The molecule has 1 saturated carbocycles. The molecule has 2 fully saturated rings. The van der Waals surface area contributed by atoms with Gasteiger partial charge in [-0.25, -0.2) is 0 Å². The second-order valence-electron chi connectivity index (χ2n) is 5.64. The van der Waals surface area contributed by atoms with Crippen LogP contribution in [-0.4, -0.2) is 38.0 Å². The zero-order valence-corrected chi connectivity index (χ0v) is 11.3. The first-order valence-electron chi connectivity index (χ1n) is 7.18. The fourth-order valence-corrected chi connectivity index (χ4v) is 3.25. The van der Waals surface area contributed by atoms with Crippen molar-refractivity contribution in [2.24, 2.45) is 0 Å². The van der Waals surface area contributed by atoms with Crippen molar-refractivity contribution in [3.63, 3.8) is 0 Å². The third-order valence-electron chi connectivity index (χ3n) is 4.35. The zero-order chi connectivity index (χ0) is 12.1. The summed E-state index contributed by atoms with van der Waals surface area (Å²) in [6.45, 7) is 3.99. The van der Waals surface area contributed by atoms with Gasteiger partial charge in [0.25, 0.3) is 0 Å². The molecule has 0 amide bonds. The molecule has 0 radical (unpaired) electrons. The van der Waals surface area contributed by atoms with Crippen molar-refractivity contribution in [3.05, 3.63) is 0 Å². The molecule has 1 saturated heterocycles. The topological polar surface area (TPSA) is 30.5 Å². The van der Waals surface area contributed by atoms with Crippen LogP contribution in [-0.2, 0) is 9.47 Å². The first-order valence-corrected chi connectivity index (χ1v) is 7.18. The van der Waals surface area contributed by atoms with Gasteiger partial charge in [-0.3, -0.25) is 0 Å². The van der Waals surface area contributed by atoms with E-state index in [1.165, 1.54) is 38.5 Å². The second-order valence-corrected chi connectivity index (χ2v) is 5.64. The molecule has 0 aromatic heterocycles. The fraction of sp³-hybridized carbons (Fsp3) is 1.00. The van der Waals surface area contributed by atoms with E-state index < -0.39 is 0 Å². The molecule has 0 aromatic carbocycles. The zero-order valence-electron chi connectivity index (χ0n) is 11.3. The van der Waals surface area contributed by atoms with E-state index in [0.717, 1.165) is 19.6 Å². The van der Waals surface area contributed by atoms with Gasteiger partial charge in [0.05, 0.1) is 18.3 Å². The Kier molecular flexibility index (Phi) is 4.83. The molecule has 2 rings (SSSR count). The number of rotatable bonds is 6. The van der Waals surface area contributed by atoms with Crippen LogP contribution in [0.4, 0.5) is 0 Å². The van der Waals surface area contributed by atoms with E-state index in [2.05, 4.69) is 12.2 Å². The molecule has 100 valence electrons. The van der Waals surface area contributed by atoms with Gasteiger partial charge in [0.2, 0.25) is 0 Å². The maximum absolute atomic E-state index is 6.28. The van der Waals surface area contributed by atoms with E-state index in [4.69, 9.17) is 9.47 Å². The van der Waals surface area contributed by atoms with Crippen molar-refractivity contribution >= 4 is 0 Å². The molecule has 1 aliphatic carbocycles. The number of methoxy groups -OCH3 is 1. The molecule has 3 nitrogen and oxygen atoms in total. The summed E-state index contributed by atoms with van der Waals surface area (Å²) in [5, 5.41) is 3.57. The van der Waals surface area contributed by atoms with Crippen molar-refractivity contribution in [2.75, 3.05) is 20.3 Å². The van der Waals surface area contributed by atoms with E-state index in [0.29, 0.717) is 12.1 Å². The minimum atomic E-state index is 0.273. The average molecular weight is 241 g/mol. The Hall–Kier alpha value is -0.120. The van der Waals surface area contributed by atoms with E-state index in [-0.39, 0.29) is 5.60 Å². The van der Waals surface area contributed by atoms with Crippen LogP contribution < -0.4 is 5.32 Å². The molecule has 1 aliphatic heterocycles. The van der Waals surface area contributed by atoms with E-state index in [1.807, 2.05) is 0 Å². The van der Waals surface area contributed by atoms with Gasteiger partial charge < -0.3 is 14.8 Å². The van der Waals surface area contributed by atoms with E-state index in [1.54, 1.807) is 7.11 Å². The molecule has 0 bridgehead atoms. The van der Waals surface area contributed by atoms with Crippen LogP contribution in [0.3, 0.4) is 0 Å². The van der Waals surface area contributed by atoms with Gasteiger partial charge in [-0.05, 0) is 32.1 Å². The van der Waals surface area contributed by atoms with Gasteiger partial charge >= 0.3 is 0 Å². The minimum Gasteiger partial charge on any atom is -0.383 e. The van der Waals surface area contributed by atoms with Crippen molar-refractivity contribution in [3.8, 4) is 0 Å². The molecule has 1 heterocycles. The summed E-state index contributed by atoms with van der Waals surface area (Å²) in [6, 6.07) is 0.476. The number of nitrogens with one attached hydrogen (secondary N) is 1. The highest BCUT2D eigenvalue weighted by atomic mass is 16.5. The molecule has 17 heavy (non-hydrogen) atoms. The fourth-order valence-electron chi connectivity index (χ4n) is 3.25. The van der Waals surface area contributed by atoms with Crippen LogP contribution >= 0.6 is 0 Å². The normalized spacial score (nSPS) is 28.9. The highest BCUT2D eigenvalue weighted by molar-refractivity contribution is 4.93. The molecule has 1 N–H and O–H groups in total. The molecule has 2 aliphatic rings. The van der Waals surface area contributed by atoms with Crippen LogP contribution in [0.2, 0.25) is 0 Å². The molecular weight excluding hydrogens is 214 g/mol. The van der Waals surface area contributed by atoms with Crippen molar-refractivity contribution in [1.29, 1.82) is 0 Å². The Morgan fingerprint density at radius 1 is 1.35 bits per heavy atom. The van der Waals surface area contributed by atoms with Crippen LogP contribution in [0.25, 0.3) is 0 Å². The van der Waals surface area contributed by atoms with Crippen molar-refractivity contribution < 1.29 is 9.47 Å². The van der Waals surface area contributed by atoms with Gasteiger partial charge in [-0.2, -0.15) is 0 Å². The molecule has 0 aromatic rings. The summed E-state index contributed by atoms with van der Waals surface area (Å²) in [5.74, 6) is 0. The lowest BCUT2D eigenvalue weighted by atomic mass is 9.98. The van der Waals surface area contributed by atoms with Gasteiger partial charge in [-0.1, -0.05) is 19.8 Å². The SMILES string of the molecule is CCC(COC)NCC1CCC2(CCCC2)O1. The van der Waals surface area contributed by atoms with Gasteiger partial charge in [0.15, 0.2) is 0 Å². The highest BCUT2D eigenvalue weighted by Gasteiger charge is 2.41. The van der Waals surface area contributed by atoms with Crippen LogP contribution in [0.5, 0.6) is 0 Å². The predicted molar refractivity (Wildman–Crippen MR) is 69.3 cm³/mol. The first-order chi connectivity index (χ1) is 8.28. The Bertz CT molecular complexity index is 226. The number of hydrogen-bond donors (Lipinski definition) is 1. The summed E-state index contributed by atoms with van der Waals surface area (Å²) < 4.78 is 11.5. The quantitative estimate of drug-likeness (QED) is 0.775. The molecule has 3 heteroatoms. The highest BCUT2D eigenvalue weighted by Crippen LogP contribution is 2.43. The Labute approximate surface area is 105 Å². The summed E-state index contributed by atoms with van der Waals surface area (Å²) in [7, 11) is 1.77. The van der Waals surface area contributed by atoms with Gasteiger partial charge in [0.1, 0.15) is 0 Å². The van der Waals surface area contributed by atoms with E-state index in [9.17, 15) is 0 Å². The molecule has 1 spiro atoms.